The first-order chi connectivity index (χ1) is 12.6. The predicted octanol–water partition coefficient (Wildman–Crippen LogP) is 4.25. The number of nitrogens with one attached hydrogen (secondary N) is 1. The molecule has 0 saturated carbocycles. The van der Waals surface area contributed by atoms with Crippen molar-refractivity contribution in [1.82, 2.24) is 10.2 Å². The van der Waals surface area contributed by atoms with E-state index < -0.39 is 0 Å². The summed E-state index contributed by atoms with van der Waals surface area (Å²) in [6.07, 6.45) is 4.98. The number of rotatable bonds is 5. The van der Waals surface area contributed by atoms with Gasteiger partial charge in [-0.3, -0.25) is 4.79 Å². The number of carbonyl (C=O) groups is 1. The number of benzene rings is 1. The number of aryl methyl sites for hydroxylation is 3. The number of hydrogen-bond donors (Lipinski definition) is 1. The number of fused-ring (bicyclic) bond motifs is 1. The fourth-order valence-electron chi connectivity index (χ4n) is 3.07. The summed E-state index contributed by atoms with van der Waals surface area (Å²) in [5.74, 6) is 1.02. The van der Waals surface area contributed by atoms with Crippen LogP contribution in [-0.4, -0.2) is 21.4 Å². The number of nitrogens with zero attached hydrogens (tertiary/aromatic N) is 2. The molecule has 1 amide bonds. The van der Waals surface area contributed by atoms with Crippen molar-refractivity contribution in [2.45, 2.75) is 43.6 Å². The number of aromatic nitrogens is 2. The quantitative estimate of drug-likeness (QED) is 0.677. The van der Waals surface area contributed by atoms with Gasteiger partial charge in [0.25, 0.3) is 11.1 Å². The molecule has 1 aromatic carbocycles. The van der Waals surface area contributed by atoms with Crippen molar-refractivity contribution in [3.05, 3.63) is 47.4 Å². The summed E-state index contributed by atoms with van der Waals surface area (Å²) in [5.41, 5.74) is 4.32. The third kappa shape index (κ3) is 3.39. The monoisotopic (exact) mass is 369 g/mol. The van der Waals surface area contributed by atoms with Gasteiger partial charge in [-0.1, -0.05) is 17.8 Å². The molecule has 0 bridgehead atoms. The minimum absolute atomic E-state index is 0.0906. The molecule has 1 aliphatic rings. The van der Waals surface area contributed by atoms with Crippen molar-refractivity contribution < 1.29 is 13.6 Å². The highest BCUT2D eigenvalue weighted by Crippen LogP contribution is 2.29. The van der Waals surface area contributed by atoms with Crippen molar-refractivity contribution in [1.29, 1.82) is 0 Å². The van der Waals surface area contributed by atoms with E-state index in [9.17, 15) is 4.79 Å². The number of hydrogen-bond acceptors (Lipinski definition) is 6. The van der Waals surface area contributed by atoms with E-state index in [2.05, 4.69) is 27.6 Å². The molecule has 1 unspecified atom stereocenters. The Bertz CT molecular complexity index is 947. The molecular formula is C19H19N3O3S. The summed E-state index contributed by atoms with van der Waals surface area (Å²) in [5, 5.41) is 11.0. The van der Waals surface area contributed by atoms with Gasteiger partial charge in [-0.2, -0.15) is 0 Å². The topological polar surface area (TPSA) is 81.2 Å². The Balaban J connectivity index is 1.40. The van der Waals surface area contributed by atoms with Crippen LogP contribution in [0.15, 0.2) is 44.6 Å². The molecule has 4 rings (SSSR count). The van der Waals surface area contributed by atoms with Crippen LogP contribution in [0.4, 0.5) is 5.69 Å². The number of anilines is 1. The lowest BCUT2D eigenvalue weighted by atomic mass is 10.1. The molecule has 0 fully saturated rings. The summed E-state index contributed by atoms with van der Waals surface area (Å²) in [6, 6.07) is 7.92. The maximum atomic E-state index is 12.5. The molecule has 2 aromatic heterocycles. The molecule has 26 heavy (non-hydrogen) atoms. The normalized spacial score (nSPS) is 14.2. The lowest BCUT2D eigenvalue weighted by molar-refractivity contribution is -0.115. The van der Waals surface area contributed by atoms with Crippen molar-refractivity contribution in [3.63, 3.8) is 0 Å². The van der Waals surface area contributed by atoms with Crippen LogP contribution in [0.2, 0.25) is 0 Å². The van der Waals surface area contributed by atoms with Gasteiger partial charge in [0.15, 0.2) is 0 Å². The lowest BCUT2D eigenvalue weighted by Gasteiger charge is -2.11. The average molecular weight is 369 g/mol. The van der Waals surface area contributed by atoms with E-state index in [4.69, 9.17) is 8.83 Å². The molecule has 0 aliphatic heterocycles. The zero-order chi connectivity index (χ0) is 18.1. The Labute approximate surface area is 155 Å². The Morgan fingerprint density at radius 1 is 1.23 bits per heavy atom. The Kier molecular flexibility index (Phi) is 4.55. The average Bonchev–Trinajstić information content (AvgIpc) is 3.34. The summed E-state index contributed by atoms with van der Waals surface area (Å²) in [6.45, 7) is 3.65. The molecule has 3 aromatic rings. The maximum Gasteiger partial charge on any atom is 0.277 e. The van der Waals surface area contributed by atoms with E-state index >= 15 is 0 Å². The van der Waals surface area contributed by atoms with Gasteiger partial charge in [0.2, 0.25) is 5.91 Å². The van der Waals surface area contributed by atoms with Crippen LogP contribution < -0.4 is 5.32 Å². The molecule has 6 nitrogen and oxygen atoms in total. The molecule has 1 atom stereocenters. The second kappa shape index (κ2) is 6.99. The summed E-state index contributed by atoms with van der Waals surface area (Å²) in [4.78, 5) is 12.5. The molecule has 0 saturated heterocycles. The van der Waals surface area contributed by atoms with Crippen LogP contribution in [0.1, 0.15) is 30.2 Å². The zero-order valence-electron chi connectivity index (χ0n) is 14.6. The molecule has 0 spiro atoms. The van der Waals surface area contributed by atoms with Crippen LogP contribution in [-0.2, 0) is 17.6 Å². The van der Waals surface area contributed by atoms with E-state index in [1.54, 1.807) is 12.3 Å². The predicted molar refractivity (Wildman–Crippen MR) is 99.2 cm³/mol. The van der Waals surface area contributed by atoms with Gasteiger partial charge in [-0.05, 0) is 62.4 Å². The molecule has 7 heteroatoms. The molecular weight excluding hydrogens is 350 g/mol. The number of thioether (sulfide) groups is 1. The van der Waals surface area contributed by atoms with Gasteiger partial charge >= 0.3 is 0 Å². The Morgan fingerprint density at radius 2 is 2.08 bits per heavy atom. The zero-order valence-corrected chi connectivity index (χ0v) is 15.4. The van der Waals surface area contributed by atoms with Crippen LogP contribution in [0.3, 0.4) is 0 Å². The third-order valence-electron chi connectivity index (χ3n) is 4.51. The van der Waals surface area contributed by atoms with Gasteiger partial charge < -0.3 is 14.2 Å². The first kappa shape index (κ1) is 16.9. The van der Waals surface area contributed by atoms with Crippen LogP contribution in [0, 0.1) is 6.92 Å². The lowest BCUT2D eigenvalue weighted by Crippen LogP contribution is -2.22. The highest BCUT2D eigenvalue weighted by molar-refractivity contribution is 8.00. The molecule has 1 aliphatic carbocycles. The SMILES string of the molecule is Cc1occc1-c1nnc(SC(C)C(=O)Nc2ccc3c(c2)CCC3)o1. The van der Waals surface area contributed by atoms with Gasteiger partial charge in [0.1, 0.15) is 5.76 Å². The summed E-state index contributed by atoms with van der Waals surface area (Å²) < 4.78 is 10.9. The Hall–Kier alpha value is -2.54. The second-order valence-electron chi connectivity index (χ2n) is 6.35. The van der Waals surface area contributed by atoms with Crippen LogP contribution >= 0.6 is 11.8 Å². The van der Waals surface area contributed by atoms with E-state index in [0.29, 0.717) is 16.9 Å². The smallest absolute Gasteiger partial charge is 0.277 e. The first-order valence-electron chi connectivity index (χ1n) is 8.57. The van der Waals surface area contributed by atoms with Gasteiger partial charge in [0, 0.05) is 5.69 Å². The second-order valence-corrected chi connectivity index (χ2v) is 7.64. The van der Waals surface area contributed by atoms with Crippen molar-refractivity contribution in [2.24, 2.45) is 0 Å². The van der Waals surface area contributed by atoms with E-state index in [0.717, 1.165) is 24.1 Å². The molecule has 1 N–H and O–H groups in total. The van der Waals surface area contributed by atoms with Crippen LogP contribution in [0.25, 0.3) is 11.5 Å². The highest BCUT2D eigenvalue weighted by Gasteiger charge is 2.20. The van der Waals surface area contributed by atoms with E-state index in [1.165, 1.54) is 29.3 Å². The molecule has 2 heterocycles. The summed E-state index contributed by atoms with van der Waals surface area (Å²) in [7, 11) is 0. The minimum atomic E-state index is -0.359. The number of furan rings is 1. The van der Waals surface area contributed by atoms with Crippen molar-refractivity contribution in [2.75, 3.05) is 5.32 Å². The van der Waals surface area contributed by atoms with E-state index in [-0.39, 0.29) is 11.2 Å². The fraction of sp³-hybridized carbons (Fsp3) is 0.316. The van der Waals surface area contributed by atoms with Crippen LogP contribution in [0.5, 0.6) is 0 Å². The minimum Gasteiger partial charge on any atom is -0.469 e. The standard InChI is InChI=1S/C19H19N3O3S/c1-11-16(8-9-24-11)18-21-22-19(25-18)26-12(2)17(23)20-15-7-6-13-4-3-5-14(13)10-15/h6-10,12H,3-5H2,1-2H3,(H,20,23). The van der Waals surface area contributed by atoms with Crippen molar-refractivity contribution in [3.8, 4) is 11.5 Å². The highest BCUT2D eigenvalue weighted by atomic mass is 32.2. The fourth-order valence-corrected chi connectivity index (χ4v) is 3.75. The van der Waals surface area contributed by atoms with E-state index in [1.807, 2.05) is 19.9 Å². The first-order valence-corrected chi connectivity index (χ1v) is 9.45. The Morgan fingerprint density at radius 3 is 2.88 bits per heavy atom. The number of carbonyl (C=O) groups excluding carboxylic acids is 1. The third-order valence-corrected chi connectivity index (χ3v) is 5.44. The van der Waals surface area contributed by atoms with Gasteiger partial charge in [0.05, 0.1) is 17.1 Å². The van der Waals surface area contributed by atoms with Gasteiger partial charge in [-0.25, -0.2) is 0 Å². The molecule has 0 radical (unpaired) electrons. The number of amides is 1. The maximum absolute atomic E-state index is 12.5. The van der Waals surface area contributed by atoms with Crippen molar-refractivity contribution >= 4 is 23.4 Å². The summed E-state index contributed by atoms with van der Waals surface area (Å²) >= 11 is 1.24. The largest absolute Gasteiger partial charge is 0.469 e. The van der Waals surface area contributed by atoms with Gasteiger partial charge in [-0.15, -0.1) is 10.2 Å². The molecule has 134 valence electrons.